The van der Waals surface area contributed by atoms with Gasteiger partial charge < -0.3 is 5.32 Å². The molecule has 0 saturated heterocycles. The Kier molecular flexibility index (Phi) is 2.06. The fraction of sp³-hybridized carbons (Fsp3) is 0.231. The molecule has 1 aliphatic rings. The Morgan fingerprint density at radius 3 is 2.93 bits per heavy atom. The highest BCUT2D eigenvalue weighted by atomic mass is 35.5. The van der Waals surface area contributed by atoms with Crippen molar-refractivity contribution in [3.8, 4) is 0 Å². The van der Waals surface area contributed by atoms with Crippen LogP contribution in [0.4, 0.5) is 5.69 Å². The number of halogens is 1. The van der Waals surface area contributed by atoms with Crippen LogP contribution in [0, 0.1) is 0 Å². The molecular formula is C13H12ClN. The molecule has 0 bridgehead atoms. The molecule has 3 rings (SSSR count). The maximum absolute atomic E-state index is 6.00. The molecule has 1 atom stereocenters. The van der Waals surface area contributed by atoms with Crippen LogP contribution in [-0.4, -0.2) is 12.4 Å². The van der Waals surface area contributed by atoms with Gasteiger partial charge in [-0.3, -0.25) is 0 Å². The summed E-state index contributed by atoms with van der Waals surface area (Å²) in [5, 5.41) is 6.05. The van der Waals surface area contributed by atoms with E-state index in [1.165, 1.54) is 22.0 Å². The summed E-state index contributed by atoms with van der Waals surface area (Å²) in [6, 6.07) is 12.8. The summed E-state index contributed by atoms with van der Waals surface area (Å²) in [4.78, 5) is 0. The Balaban J connectivity index is 2.32. The third-order valence-electron chi connectivity index (χ3n) is 3.10. The standard InChI is InChI=1S/C13H12ClN/c14-7-10-8-15-12-6-5-9-3-1-2-4-11(9)13(10)12/h1-6,10,15H,7-8H2/t10-/m1/s1. The maximum Gasteiger partial charge on any atom is 0.0383 e. The normalized spacial score (nSPS) is 18.9. The first-order chi connectivity index (χ1) is 7.40. The molecular weight excluding hydrogens is 206 g/mol. The molecule has 0 aliphatic carbocycles. The third kappa shape index (κ3) is 1.30. The molecule has 0 aromatic heterocycles. The highest BCUT2D eigenvalue weighted by Crippen LogP contribution is 2.37. The molecule has 1 N–H and O–H groups in total. The number of rotatable bonds is 1. The first-order valence-corrected chi connectivity index (χ1v) is 5.75. The first-order valence-electron chi connectivity index (χ1n) is 5.21. The summed E-state index contributed by atoms with van der Waals surface area (Å²) < 4.78 is 0. The van der Waals surface area contributed by atoms with Crippen LogP contribution in [0.3, 0.4) is 0 Å². The van der Waals surface area contributed by atoms with Gasteiger partial charge in [0.1, 0.15) is 0 Å². The average molecular weight is 218 g/mol. The van der Waals surface area contributed by atoms with E-state index in [0.717, 1.165) is 6.54 Å². The number of hydrogen-bond acceptors (Lipinski definition) is 1. The van der Waals surface area contributed by atoms with E-state index in [1.807, 2.05) is 0 Å². The lowest BCUT2D eigenvalue weighted by Gasteiger charge is -2.09. The zero-order valence-electron chi connectivity index (χ0n) is 8.33. The van der Waals surface area contributed by atoms with Gasteiger partial charge >= 0.3 is 0 Å². The van der Waals surface area contributed by atoms with Crippen LogP contribution in [0.25, 0.3) is 10.8 Å². The van der Waals surface area contributed by atoms with Gasteiger partial charge in [0.05, 0.1) is 0 Å². The summed E-state index contributed by atoms with van der Waals surface area (Å²) in [5.41, 5.74) is 2.64. The molecule has 0 amide bonds. The van der Waals surface area contributed by atoms with Gasteiger partial charge in [-0.05, 0) is 22.4 Å². The van der Waals surface area contributed by atoms with Crippen molar-refractivity contribution in [2.45, 2.75) is 5.92 Å². The number of nitrogens with one attached hydrogen (secondary N) is 1. The molecule has 1 heterocycles. The number of alkyl halides is 1. The largest absolute Gasteiger partial charge is 0.384 e. The lowest BCUT2D eigenvalue weighted by molar-refractivity contribution is 0.869. The Labute approximate surface area is 94.1 Å². The van der Waals surface area contributed by atoms with Crippen molar-refractivity contribution in [2.75, 3.05) is 17.7 Å². The van der Waals surface area contributed by atoms with Crippen LogP contribution in [0.15, 0.2) is 36.4 Å². The zero-order valence-corrected chi connectivity index (χ0v) is 9.09. The zero-order chi connectivity index (χ0) is 10.3. The predicted octanol–water partition coefficient (Wildman–Crippen LogP) is 3.59. The van der Waals surface area contributed by atoms with E-state index in [1.54, 1.807) is 0 Å². The fourth-order valence-corrected chi connectivity index (χ4v) is 2.62. The SMILES string of the molecule is ClC[C@@H]1CNc2ccc3ccccc3c21. The van der Waals surface area contributed by atoms with E-state index in [-0.39, 0.29) is 0 Å². The summed E-state index contributed by atoms with van der Waals surface area (Å²) in [6.07, 6.45) is 0. The monoisotopic (exact) mass is 217 g/mol. The predicted molar refractivity (Wildman–Crippen MR) is 65.9 cm³/mol. The van der Waals surface area contributed by atoms with Crippen LogP contribution in [-0.2, 0) is 0 Å². The van der Waals surface area contributed by atoms with Crippen molar-refractivity contribution in [2.24, 2.45) is 0 Å². The van der Waals surface area contributed by atoms with Crippen LogP contribution >= 0.6 is 11.6 Å². The number of anilines is 1. The van der Waals surface area contributed by atoms with E-state index in [2.05, 4.69) is 41.7 Å². The molecule has 1 aliphatic heterocycles. The third-order valence-corrected chi connectivity index (χ3v) is 3.48. The highest BCUT2D eigenvalue weighted by Gasteiger charge is 2.23. The van der Waals surface area contributed by atoms with E-state index in [9.17, 15) is 0 Å². The van der Waals surface area contributed by atoms with Crippen molar-refractivity contribution < 1.29 is 0 Å². The minimum absolute atomic E-state index is 0.452. The maximum atomic E-state index is 6.00. The second-order valence-electron chi connectivity index (χ2n) is 3.98. The fourth-order valence-electron chi connectivity index (χ4n) is 2.36. The Bertz CT molecular complexity index is 507. The topological polar surface area (TPSA) is 12.0 Å². The summed E-state index contributed by atoms with van der Waals surface area (Å²) >= 11 is 6.00. The minimum atomic E-state index is 0.452. The molecule has 76 valence electrons. The van der Waals surface area contributed by atoms with Crippen molar-refractivity contribution in [3.05, 3.63) is 42.0 Å². The van der Waals surface area contributed by atoms with Crippen LogP contribution < -0.4 is 5.32 Å². The van der Waals surface area contributed by atoms with Crippen molar-refractivity contribution in [1.82, 2.24) is 0 Å². The van der Waals surface area contributed by atoms with Crippen LogP contribution in [0.5, 0.6) is 0 Å². The molecule has 0 saturated carbocycles. The van der Waals surface area contributed by atoms with E-state index < -0.39 is 0 Å². The molecule has 0 radical (unpaired) electrons. The van der Waals surface area contributed by atoms with Gasteiger partial charge in [-0.25, -0.2) is 0 Å². The quantitative estimate of drug-likeness (QED) is 0.720. The summed E-state index contributed by atoms with van der Waals surface area (Å²) in [5.74, 6) is 1.14. The number of fused-ring (bicyclic) bond motifs is 3. The van der Waals surface area contributed by atoms with Gasteiger partial charge in [-0.15, -0.1) is 11.6 Å². The summed E-state index contributed by atoms with van der Waals surface area (Å²) in [7, 11) is 0. The van der Waals surface area contributed by atoms with Gasteiger partial charge in [-0.1, -0.05) is 30.3 Å². The van der Waals surface area contributed by atoms with Crippen molar-refractivity contribution in [3.63, 3.8) is 0 Å². The lowest BCUT2D eigenvalue weighted by Crippen LogP contribution is -2.02. The molecule has 0 fully saturated rings. The van der Waals surface area contributed by atoms with Crippen LogP contribution in [0.1, 0.15) is 11.5 Å². The molecule has 2 aromatic rings. The molecule has 1 nitrogen and oxygen atoms in total. The van der Waals surface area contributed by atoms with Gasteiger partial charge in [0.2, 0.25) is 0 Å². The highest BCUT2D eigenvalue weighted by molar-refractivity contribution is 6.18. The molecule has 0 spiro atoms. The molecule has 0 unspecified atom stereocenters. The van der Waals surface area contributed by atoms with E-state index in [0.29, 0.717) is 11.8 Å². The van der Waals surface area contributed by atoms with Gasteiger partial charge in [-0.2, -0.15) is 0 Å². The second kappa shape index (κ2) is 3.42. The number of benzene rings is 2. The molecule has 2 aromatic carbocycles. The Hall–Kier alpha value is -1.21. The van der Waals surface area contributed by atoms with E-state index in [4.69, 9.17) is 11.6 Å². The molecule has 15 heavy (non-hydrogen) atoms. The van der Waals surface area contributed by atoms with Crippen LogP contribution in [0.2, 0.25) is 0 Å². The van der Waals surface area contributed by atoms with Crippen molar-refractivity contribution in [1.29, 1.82) is 0 Å². The summed E-state index contributed by atoms with van der Waals surface area (Å²) in [6.45, 7) is 0.965. The Morgan fingerprint density at radius 1 is 1.20 bits per heavy atom. The van der Waals surface area contributed by atoms with Gasteiger partial charge in [0.15, 0.2) is 0 Å². The smallest absolute Gasteiger partial charge is 0.0383 e. The van der Waals surface area contributed by atoms with E-state index >= 15 is 0 Å². The molecule has 2 heteroatoms. The van der Waals surface area contributed by atoms with Crippen molar-refractivity contribution >= 4 is 28.1 Å². The average Bonchev–Trinajstić information content (AvgIpc) is 2.72. The van der Waals surface area contributed by atoms with Gasteiger partial charge in [0, 0.05) is 24.0 Å². The minimum Gasteiger partial charge on any atom is -0.384 e. The first kappa shape index (κ1) is 9.05. The Morgan fingerprint density at radius 2 is 2.07 bits per heavy atom. The lowest BCUT2D eigenvalue weighted by atomic mass is 9.96. The van der Waals surface area contributed by atoms with Gasteiger partial charge in [0.25, 0.3) is 0 Å². The second-order valence-corrected chi connectivity index (χ2v) is 4.29. The number of hydrogen-bond donors (Lipinski definition) is 1.